The van der Waals surface area contributed by atoms with Crippen molar-refractivity contribution in [1.82, 2.24) is 9.62 Å². The Morgan fingerprint density at radius 2 is 2.12 bits per heavy atom. The van der Waals surface area contributed by atoms with Crippen LogP contribution >= 0.6 is 0 Å². The standard InChI is InChI=1S/C17H19N3O5S/c1-11-14-8-13(5-6-15(14)19-17(11)22)26(23,24)20(2)10-16(21)18-9-12-4-3-7-25-12/h3-8,11H,9-10H2,1-2H3,(H,18,21)(H,19,22)/t11-/m0/s1. The number of anilines is 1. The van der Waals surface area contributed by atoms with Gasteiger partial charge < -0.3 is 15.1 Å². The number of furan rings is 1. The molecule has 0 aliphatic carbocycles. The summed E-state index contributed by atoms with van der Waals surface area (Å²) in [5.74, 6) is -0.449. The number of hydrogen-bond acceptors (Lipinski definition) is 5. The molecule has 8 nitrogen and oxygen atoms in total. The van der Waals surface area contributed by atoms with Crippen molar-refractivity contribution in [1.29, 1.82) is 0 Å². The third-order valence-corrected chi connectivity index (χ3v) is 6.05. The topological polar surface area (TPSA) is 109 Å². The number of nitrogens with zero attached hydrogens (tertiary/aromatic N) is 1. The van der Waals surface area contributed by atoms with E-state index in [1.54, 1.807) is 25.1 Å². The van der Waals surface area contributed by atoms with Crippen molar-refractivity contribution in [3.63, 3.8) is 0 Å². The molecule has 0 unspecified atom stereocenters. The Balaban J connectivity index is 1.69. The number of hydrogen-bond donors (Lipinski definition) is 2. The highest BCUT2D eigenvalue weighted by atomic mass is 32.2. The van der Waals surface area contributed by atoms with Crippen LogP contribution in [0.5, 0.6) is 0 Å². The molecular formula is C17H19N3O5S. The minimum Gasteiger partial charge on any atom is -0.467 e. The van der Waals surface area contributed by atoms with Crippen molar-refractivity contribution in [3.05, 3.63) is 47.9 Å². The fourth-order valence-electron chi connectivity index (χ4n) is 2.68. The largest absolute Gasteiger partial charge is 0.467 e. The number of sulfonamides is 1. The Labute approximate surface area is 151 Å². The van der Waals surface area contributed by atoms with Gasteiger partial charge in [0, 0.05) is 12.7 Å². The Morgan fingerprint density at radius 3 is 2.81 bits per heavy atom. The molecule has 3 rings (SSSR count). The van der Waals surface area contributed by atoms with Gasteiger partial charge in [-0.15, -0.1) is 0 Å². The lowest BCUT2D eigenvalue weighted by molar-refractivity contribution is -0.121. The van der Waals surface area contributed by atoms with E-state index >= 15 is 0 Å². The molecule has 2 N–H and O–H groups in total. The van der Waals surface area contributed by atoms with Crippen molar-refractivity contribution in [3.8, 4) is 0 Å². The molecular weight excluding hydrogens is 358 g/mol. The molecule has 1 aromatic heterocycles. The lowest BCUT2D eigenvalue weighted by atomic mass is 10.0. The maximum absolute atomic E-state index is 12.7. The summed E-state index contributed by atoms with van der Waals surface area (Å²) in [4.78, 5) is 23.7. The molecule has 2 amide bonds. The van der Waals surface area contributed by atoms with E-state index in [1.165, 1.54) is 25.4 Å². The van der Waals surface area contributed by atoms with Gasteiger partial charge in [-0.1, -0.05) is 0 Å². The number of fused-ring (bicyclic) bond motifs is 1. The monoisotopic (exact) mass is 377 g/mol. The van der Waals surface area contributed by atoms with Gasteiger partial charge in [0.1, 0.15) is 5.76 Å². The zero-order chi connectivity index (χ0) is 18.9. The van der Waals surface area contributed by atoms with E-state index < -0.39 is 21.8 Å². The second-order valence-electron chi connectivity index (χ2n) is 6.08. The summed E-state index contributed by atoms with van der Waals surface area (Å²) in [6, 6.07) is 7.87. The fraction of sp³-hybridized carbons (Fsp3) is 0.294. The quantitative estimate of drug-likeness (QED) is 0.788. The van der Waals surface area contributed by atoms with Gasteiger partial charge in [-0.3, -0.25) is 9.59 Å². The molecule has 0 fully saturated rings. The van der Waals surface area contributed by atoms with Crippen LogP contribution in [-0.2, 0) is 26.2 Å². The maximum atomic E-state index is 12.7. The number of likely N-dealkylation sites (N-methyl/N-ethyl adjacent to an activating group) is 1. The predicted octanol–water partition coefficient (Wildman–Crippen LogP) is 1.27. The smallest absolute Gasteiger partial charge is 0.243 e. The molecule has 0 spiro atoms. The van der Waals surface area contributed by atoms with Crippen molar-refractivity contribution < 1.29 is 22.4 Å². The van der Waals surface area contributed by atoms with Crippen LogP contribution in [-0.4, -0.2) is 38.1 Å². The number of nitrogens with one attached hydrogen (secondary N) is 2. The Hall–Kier alpha value is -2.65. The average Bonchev–Trinajstić information content (AvgIpc) is 3.21. The molecule has 0 radical (unpaired) electrons. The van der Waals surface area contributed by atoms with Crippen molar-refractivity contribution in [2.75, 3.05) is 18.9 Å². The SMILES string of the molecule is C[C@@H]1C(=O)Nc2ccc(S(=O)(=O)N(C)CC(=O)NCc3ccco3)cc21. The van der Waals surface area contributed by atoms with Gasteiger partial charge in [0.05, 0.1) is 30.2 Å². The highest BCUT2D eigenvalue weighted by Gasteiger charge is 2.30. The van der Waals surface area contributed by atoms with Gasteiger partial charge in [0.2, 0.25) is 21.8 Å². The molecule has 2 heterocycles. The van der Waals surface area contributed by atoms with Crippen LogP contribution in [0.3, 0.4) is 0 Å². The van der Waals surface area contributed by atoms with Crippen LogP contribution in [0, 0.1) is 0 Å². The molecule has 0 saturated carbocycles. The van der Waals surface area contributed by atoms with E-state index in [9.17, 15) is 18.0 Å². The van der Waals surface area contributed by atoms with Crippen LogP contribution in [0.4, 0.5) is 5.69 Å². The highest BCUT2D eigenvalue weighted by molar-refractivity contribution is 7.89. The molecule has 0 bridgehead atoms. The summed E-state index contributed by atoms with van der Waals surface area (Å²) in [6.45, 7) is 1.57. The number of rotatable bonds is 6. The van der Waals surface area contributed by atoms with Crippen LogP contribution < -0.4 is 10.6 Å². The third-order valence-electron chi connectivity index (χ3n) is 4.26. The minimum atomic E-state index is -3.86. The molecule has 1 aromatic carbocycles. The average molecular weight is 377 g/mol. The summed E-state index contributed by atoms with van der Waals surface area (Å²) >= 11 is 0. The summed E-state index contributed by atoms with van der Waals surface area (Å²) < 4.78 is 31.5. The second kappa shape index (κ2) is 6.93. The lowest BCUT2D eigenvalue weighted by Crippen LogP contribution is -2.38. The van der Waals surface area contributed by atoms with Gasteiger partial charge in [0.15, 0.2) is 0 Å². The highest BCUT2D eigenvalue weighted by Crippen LogP contribution is 2.34. The molecule has 1 atom stereocenters. The summed E-state index contributed by atoms with van der Waals surface area (Å²) in [7, 11) is -2.52. The normalized spacial score (nSPS) is 16.4. The Kier molecular flexibility index (Phi) is 4.84. The van der Waals surface area contributed by atoms with E-state index in [1.807, 2.05) is 0 Å². The van der Waals surface area contributed by atoms with Gasteiger partial charge in [-0.25, -0.2) is 8.42 Å². The van der Waals surface area contributed by atoms with Crippen LogP contribution in [0.15, 0.2) is 45.9 Å². The summed E-state index contributed by atoms with van der Waals surface area (Å²) in [5, 5.41) is 5.30. The fourth-order valence-corrected chi connectivity index (χ4v) is 3.84. The first kappa shape index (κ1) is 18.2. The number of benzene rings is 1. The molecule has 1 aliphatic rings. The van der Waals surface area contributed by atoms with E-state index in [0.717, 1.165) is 4.31 Å². The first-order valence-corrected chi connectivity index (χ1v) is 9.43. The van der Waals surface area contributed by atoms with Crippen molar-refractivity contribution >= 4 is 27.5 Å². The zero-order valence-corrected chi connectivity index (χ0v) is 15.2. The van der Waals surface area contributed by atoms with E-state index in [-0.39, 0.29) is 23.9 Å². The van der Waals surface area contributed by atoms with Gasteiger partial charge in [0.25, 0.3) is 0 Å². The van der Waals surface area contributed by atoms with Gasteiger partial charge in [-0.05, 0) is 42.8 Å². The van der Waals surface area contributed by atoms with Gasteiger partial charge in [-0.2, -0.15) is 4.31 Å². The molecule has 9 heteroatoms. The molecule has 2 aromatic rings. The molecule has 1 aliphatic heterocycles. The van der Waals surface area contributed by atoms with Crippen LogP contribution in [0.1, 0.15) is 24.2 Å². The number of carbonyl (C=O) groups excluding carboxylic acids is 2. The second-order valence-corrected chi connectivity index (χ2v) is 8.12. The van der Waals surface area contributed by atoms with E-state index in [0.29, 0.717) is 17.0 Å². The Bertz CT molecular complexity index is 937. The van der Waals surface area contributed by atoms with Crippen molar-refractivity contribution in [2.24, 2.45) is 0 Å². The third kappa shape index (κ3) is 3.49. The van der Waals surface area contributed by atoms with E-state index in [2.05, 4.69) is 10.6 Å². The first-order valence-electron chi connectivity index (χ1n) is 7.99. The molecule has 138 valence electrons. The zero-order valence-electron chi connectivity index (χ0n) is 14.4. The first-order chi connectivity index (χ1) is 12.3. The molecule has 26 heavy (non-hydrogen) atoms. The van der Waals surface area contributed by atoms with Gasteiger partial charge >= 0.3 is 0 Å². The summed E-state index contributed by atoms with van der Waals surface area (Å²) in [5.41, 5.74) is 1.24. The number of amides is 2. The van der Waals surface area contributed by atoms with Crippen molar-refractivity contribution in [2.45, 2.75) is 24.3 Å². The van der Waals surface area contributed by atoms with Crippen LogP contribution in [0.2, 0.25) is 0 Å². The van der Waals surface area contributed by atoms with E-state index in [4.69, 9.17) is 4.42 Å². The minimum absolute atomic E-state index is 0.0425. The predicted molar refractivity (Wildman–Crippen MR) is 93.9 cm³/mol. The lowest BCUT2D eigenvalue weighted by Gasteiger charge is -2.17. The number of carbonyl (C=O) groups is 2. The molecule has 0 saturated heterocycles. The van der Waals surface area contributed by atoms with Crippen LogP contribution in [0.25, 0.3) is 0 Å². The summed E-state index contributed by atoms with van der Waals surface area (Å²) in [6.07, 6.45) is 1.49. The maximum Gasteiger partial charge on any atom is 0.243 e. The Morgan fingerprint density at radius 1 is 1.35 bits per heavy atom.